The molecule has 0 fully saturated rings. The summed E-state index contributed by atoms with van der Waals surface area (Å²) in [6.07, 6.45) is -4.74. The van der Waals surface area contributed by atoms with Gasteiger partial charge in [0, 0.05) is 5.56 Å². The van der Waals surface area contributed by atoms with E-state index in [1.54, 1.807) is 6.92 Å². The van der Waals surface area contributed by atoms with Gasteiger partial charge in [-0.3, -0.25) is 0 Å². The van der Waals surface area contributed by atoms with Crippen molar-refractivity contribution < 1.29 is 22.7 Å². The Bertz CT molecular complexity index is 597. The van der Waals surface area contributed by atoms with Gasteiger partial charge in [0.05, 0.1) is 5.56 Å². The third-order valence-electron chi connectivity index (χ3n) is 2.68. The third kappa shape index (κ3) is 2.70. The number of rotatable bonds is 1. The molecule has 0 aliphatic rings. The second kappa shape index (κ2) is 4.57. The molecule has 0 atom stereocenters. The second-order valence-corrected chi connectivity index (χ2v) is 4.22. The molecule has 0 amide bonds. The Balaban J connectivity index is 2.63. The van der Waals surface area contributed by atoms with Crippen molar-refractivity contribution in [2.24, 2.45) is 0 Å². The summed E-state index contributed by atoms with van der Waals surface area (Å²) < 4.78 is 51.8. The smallest absolute Gasteiger partial charge is 0.419 e. The lowest BCUT2D eigenvalue weighted by Gasteiger charge is -2.12. The van der Waals surface area contributed by atoms with Crippen molar-refractivity contribution in [3.8, 4) is 16.9 Å². The highest BCUT2D eigenvalue weighted by atomic mass is 19.4. The maximum Gasteiger partial charge on any atom is 0.419 e. The van der Waals surface area contributed by atoms with Crippen LogP contribution >= 0.6 is 0 Å². The Morgan fingerprint density at radius 2 is 1.74 bits per heavy atom. The first-order valence-corrected chi connectivity index (χ1v) is 5.46. The van der Waals surface area contributed by atoms with Crippen LogP contribution in [0.15, 0.2) is 36.4 Å². The van der Waals surface area contributed by atoms with Crippen molar-refractivity contribution in [1.29, 1.82) is 0 Å². The van der Waals surface area contributed by atoms with Crippen LogP contribution < -0.4 is 0 Å². The van der Waals surface area contributed by atoms with Gasteiger partial charge < -0.3 is 5.11 Å². The molecular formula is C14H10F4O. The average molecular weight is 270 g/mol. The monoisotopic (exact) mass is 270 g/mol. The zero-order valence-corrected chi connectivity index (χ0v) is 9.92. The second-order valence-electron chi connectivity index (χ2n) is 4.22. The van der Waals surface area contributed by atoms with Crippen LogP contribution in [0, 0.1) is 12.7 Å². The Kier molecular flexibility index (Phi) is 3.22. The first kappa shape index (κ1) is 13.4. The fraction of sp³-hybridized carbons (Fsp3) is 0.143. The van der Waals surface area contributed by atoms with Crippen molar-refractivity contribution in [2.45, 2.75) is 13.1 Å². The van der Waals surface area contributed by atoms with E-state index in [-0.39, 0.29) is 16.9 Å². The van der Waals surface area contributed by atoms with E-state index in [9.17, 15) is 22.7 Å². The molecule has 5 heteroatoms. The predicted octanol–water partition coefficient (Wildman–Crippen LogP) is 4.53. The molecule has 2 aromatic rings. The van der Waals surface area contributed by atoms with E-state index in [4.69, 9.17) is 0 Å². The lowest BCUT2D eigenvalue weighted by Crippen LogP contribution is -2.08. The molecule has 0 spiro atoms. The number of hydrogen-bond acceptors (Lipinski definition) is 1. The largest absolute Gasteiger partial charge is 0.508 e. The Morgan fingerprint density at radius 1 is 1.05 bits per heavy atom. The molecule has 0 aromatic heterocycles. The summed E-state index contributed by atoms with van der Waals surface area (Å²) in [4.78, 5) is 0. The highest BCUT2D eigenvalue weighted by molar-refractivity contribution is 5.67. The molecule has 0 radical (unpaired) electrons. The highest BCUT2D eigenvalue weighted by Gasteiger charge is 2.34. The third-order valence-corrected chi connectivity index (χ3v) is 2.68. The summed E-state index contributed by atoms with van der Waals surface area (Å²) in [5.74, 6) is -1.45. The molecule has 19 heavy (non-hydrogen) atoms. The number of phenolic OH excluding ortho intramolecular Hbond substituents is 1. The zero-order valence-electron chi connectivity index (χ0n) is 9.92. The van der Waals surface area contributed by atoms with E-state index in [1.807, 2.05) is 0 Å². The first-order chi connectivity index (χ1) is 8.79. The maximum absolute atomic E-state index is 13.9. The minimum absolute atomic E-state index is 0.119. The predicted molar refractivity (Wildman–Crippen MR) is 63.2 cm³/mol. The lowest BCUT2D eigenvalue weighted by molar-refractivity contribution is -0.139. The Morgan fingerprint density at radius 3 is 2.32 bits per heavy atom. The number of hydrogen-bond donors (Lipinski definition) is 1. The molecule has 0 unspecified atom stereocenters. The summed E-state index contributed by atoms with van der Waals surface area (Å²) in [5, 5.41) is 9.43. The topological polar surface area (TPSA) is 20.2 Å². The number of phenols is 1. The average Bonchev–Trinajstić information content (AvgIpc) is 2.26. The minimum atomic E-state index is -4.74. The lowest BCUT2D eigenvalue weighted by atomic mass is 10.00. The Hall–Kier alpha value is -2.04. The van der Waals surface area contributed by atoms with Crippen LogP contribution in [0.5, 0.6) is 5.75 Å². The van der Waals surface area contributed by atoms with Crippen LogP contribution in [0.25, 0.3) is 11.1 Å². The number of aromatic hydroxyl groups is 1. The van der Waals surface area contributed by atoms with Crippen LogP contribution in [0.2, 0.25) is 0 Å². The summed E-state index contributed by atoms with van der Waals surface area (Å²) in [6.45, 7) is 1.66. The van der Waals surface area contributed by atoms with Gasteiger partial charge in [0.2, 0.25) is 0 Å². The standard InChI is InChI=1S/C14H10F4O/c1-8-5-9(7-10(19)6-8)11-3-2-4-12(13(11)15)14(16,17)18/h2-7,19H,1H3. The summed E-state index contributed by atoms with van der Waals surface area (Å²) in [6, 6.07) is 7.26. The van der Waals surface area contributed by atoms with Crippen LogP contribution in [0.1, 0.15) is 11.1 Å². The van der Waals surface area contributed by atoms with E-state index < -0.39 is 17.6 Å². The van der Waals surface area contributed by atoms with Gasteiger partial charge >= 0.3 is 6.18 Å². The van der Waals surface area contributed by atoms with E-state index in [1.165, 1.54) is 24.3 Å². The minimum Gasteiger partial charge on any atom is -0.508 e. The molecule has 2 aromatic carbocycles. The zero-order chi connectivity index (χ0) is 14.2. The molecule has 100 valence electrons. The fourth-order valence-electron chi connectivity index (χ4n) is 1.89. The molecular weight excluding hydrogens is 260 g/mol. The normalized spacial score (nSPS) is 11.6. The molecule has 1 nitrogen and oxygen atoms in total. The number of benzene rings is 2. The first-order valence-electron chi connectivity index (χ1n) is 5.46. The molecule has 1 N–H and O–H groups in total. The van der Waals surface area contributed by atoms with Crippen LogP contribution in [-0.4, -0.2) is 5.11 Å². The SMILES string of the molecule is Cc1cc(O)cc(-c2cccc(C(F)(F)F)c2F)c1. The van der Waals surface area contributed by atoms with Crippen molar-refractivity contribution in [2.75, 3.05) is 0 Å². The van der Waals surface area contributed by atoms with Gasteiger partial charge in [0.1, 0.15) is 11.6 Å². The van der Waals surface area contributed by atoms with Gasteiger partial charge in [0.25, 0.3) is 0 Å². The number of halogens is 4. The van der Waals surface area contributed by atoms with Crippen molar-refractivity contribution in [1.82, 2.24) is 0 Å². The van der Waals surface area contributed by atoms with Crippen molar-refractivity contribution in [3.63, 3.8) is 0 Å². The van der Waals surface area contributed by atoms with Gasteiger partial charge in [-0.25, -0.2) is 4.39 Å². The van der Waals surface area contributed by atoms with Crippen LogP contribution in [-0.2, 0) is 6.18 Å². The van der Waals surface area contributed by atoms with Crippen LogP contribution in [0.4, 0.5) is 17.6 Å². The van der Waals surface area contributed by atoms with Gasteiger partial charge in [0.15, 0.2) is 0 Å². The Labute approximate surface area is 107 Å². The molecule has 0 aliphatic heterocycles. The molecule has 0 heterocycles. The van der Waals surface area contributed by atoms with E-state index >= 15 is 0 Å². The molecule has 0 saturated carbocycles. The highest BCUT2D eigenvalue weighted by Crippen LogP contribution is 2.36. The quantitative estimate of drug-likeness (QED) is 0.755. The maximum atomic E-state index is 13.9. The molecule has 0 saturated heterocycles. The van der Waals surface area contributed by atoms with Crippen molar-refractivity contribution in [3.05, 3.63) is 53.3 Å². The molecule has 2 rings (SSSR count). The number of alkyl halides is 3. The fourth-order valence-corrected chi connectivity index (χ4v) is 1.89. The van der Waals surface area contributed by atoms with E-state index in [2.05, 4.69) is 0 Å². The number of aryl methyl sites for hydroxylation is 1. The molecule has 0 aliphatic carbocycles. The van der Waals surface area contributed by atoms with Gasteiger partial charge in [-0.05, 0) is 36.2 Å². The molecule has 0 bridgehead atoms. The van der Waals surface area contributed by atoms with Crippen LogP contribution in [0.3, 0.4) is 0 Å². The summed E-state index contributed by atoms with van der Waals surface area (Å²) in [7, 11) is 0. The summed E-state index contributed by atoms with van der Waals surface area (Å²) in [5.41, 5.74) is -0.660. The van der Waals surface area contributed by atoms with E-state index in [0.717, 1.165) is 6.07 Å². The van der Waals surface area contributed by atoms with Gasteiger partial charge in [-0.2, -0.15) is 13.2 Å². The van der Waals surface area contributed by atoms with Gasteiger partial charge in [-0.1, -0.05) is 18.2 Å². The van der Waals surface area contributed by atoms with E-state index in [0.29, 0.717) is 11.6 Å². The van der Waals surface area contributed by atoms with Gasteiger partial charge in [-0.15, -0.1) is 0 Å². The van der Waals surface area contributed by atoms with Crippen molar-refractivity contribution >= 4 is 0 Å². The summed E-state index contributed by atoms with van der Waals surface area (Å²) >= 11 is 0.